The van der Waals surface area contributed by atoms with Gasteiger partial charge in [0, 0.05) is 34.3 Å². The highest BCUT2D eigenvalue weighted by Gasteiger charge is 2.41. The monoisotopic (exact) mass is 402 g/mol. The van der Waals surface area contributed by atoms with E-state index in [1.165, 1.54) is 5.56 Å². The Morgan fingerprint density at radius 1 is 1.07 bits per heavy atom. The molecule has 0 radical (unpaired) electrons. The van der Waals surface area contributed by atoms with Crippen molar-refractivity contribution in [3.63, 3.8) is 0 Å². The lowest BCUT2D eigenvalue weighted by molar-refractivity contribution is -0.116. The van der Waals surface area contributed by atoms with Gasteiger partial charge < -0.3 is 0 Å². The number of benzene rings is 2. The molecule has 146 valence electrons. The maximum absolute atomic E-state index is 13.3. The van der Waals surface area contributed by atoms with Crippen LogP contribution in [0.1, 0.15) is 55.2 Å². The van der Waals surface area contributed by atoms with E-state index >= 15 is 0 Å². The summed E-state index contributed by atoms with van der Waals surface area (Å²) in [5.74, 6) is -0.446. The van der Waals surface area contributed by atoms with Crippen molar-refractivity contribution in [1.82, 2.24) is 0 Å². The summed E-state index contributed by atoms with van der Waals surface area (Å²) in [4.78, 5) is 18.0. The number of Topliss-reactive ketones (excluding diaryl/α,β-unsaturated/α-hetero) is 1. The van der Waals surface area contributed by atoms with Crippen LogP contribution >= 0.6 is 11.6 Å². The van der Waals surface area contributed by atoms with Crippen LogP contribution in [0.2, 0.25) is 5.02 Å². The molecule has 0 aromatic heterocycles. The quantitative estimate of drug-likeness (QED) is 0.632. The summed E-state index contributed by atoms with van der Waals surface area (Å²) in [5, 5.41) is 10.5. The van der Waals surface area contributed by atoms with E-state index in [9.17, 15) is 10.1 Å². The fraction of sp³-hybridized carbons (Fsp3) is 0.320. The number of carbonyl (C=O) groups excluding carboxylic acids is 1. The lowest BCUT2D eigenvalue weighted by atomic mass is 9.69. The molecule has 0 fully saturated rings. The Hall–Kier alpha value is -2.70. The van der Waals surface area contributed by atoms with Crippen molar-refractivity contribution in [2.75, 3.05) is 0 Å². The van der Waals surface area contributed by atoms with Crippen LogP contribution in [0.4, 0.5) is 0 Å². The van der Waals surface area contributed by atoms with Crippen LogP contribution in [0, 0.1) is 17.2 Å². The molecule has 2 aromatic carbocycles. The molecule has 3 atom stereocenters. The van der Waals surface area contributed by atoms with E-state index in [1.54, 1.807) is 0 Å². The molecule has 4 rings (SSSR count). The minimum absolute atomic E-state index is 0.0943. The van der Waals surface area contributed by atoms with Crippen LogP contribution < -0.4 is 0 Å². The fourth-order valence-electron chi connectivity index (χ4n) is 4.52. The third-order valence-electron chi connectivity index (χ3n) is 6.12. The first kappa shape index (κ1) is 19.6. The zero-order chi connectivity index (χ0) is 20.5. The molecule has 1 heterocycles. The van der Waals surface area contributed by atoms with Crippen LogP contribution in [0.5, 0.6) is 0 Å². The molecule has 1 aliphatic carbocycles. The van der Waals surface area contributed by atoms with E-state index in [-0.39, 0.29) is 17.6 Å². The average Bonchev–Trinajstić information content (AvgIpc) is 2.73. The molecule has 0 N–H and O–H groups in total. The first-order chi connectivity index (χ1) is 14.0. The van der Waals surface area contributed by atoms with Gasteiger partial charge in [0.1, 0.15) is 0 Å². The largest absolute Gasteiger partial charge is 0.294 e. The number of hydrogen-bond donors (Lipinski definition) is 0. The molecule has 2 aliphatic rings. The Morgan fingerprint density at radius 2 is 1.72 bits per heavy atom. The van der Waals surface area contributed by atoms with E-state index in [1.807, 2.05) is 31.2 Å². The number of nitriles is 1. The Balaban J connectivity index is 1.76. The number of hydrogen-bond acceptors (Lipinski definition) is 3. The highest BCUT2D eigenvalue weighted by atomic mass is 35.5. The first-order valence-electron chi connectivity index (χ1n) is 10.1. The van der Waals surface area contributed by atoms with Gasteiger partial charge in [0.2, 0.25) is 0 Å². The minimum Gasteiger partial charge on any atom is -0.294 e. The van der Waals surface area contributed by atoms with Gasteiger partial charge in [-0.25, -0.2) is 0 Å². The van der Waals surface area contributed by atoms with Gasteiger partial charge in [-0.15, -0.1) is 0 Å². The van der Waals surface area contributed by atoms with Gasteiger partial charge in [0.05, 0.1) is 12.0 Å². The van der Waals surface area contributed by atoms with Crippen LogP contribution in [0.15, 0.2) is 64.8 Å². The lowest BCUT2D eigenvalue weighted by Crippen LogP contribution is -2.32. The van der Waals surface area contributed by atoms with Gasteiger partial charge in [0.15, 0.2) is 5.78 Å². The van der Waals surface area contributed by atoms with Gasteiger partial charge in [-0.2, -0.15) is 5.26 Å². The predicted molar refractivity (Wildman–Crippen MR) is 116 cm³/mol. The van der Waals surface area contributed by atoms with Gasteiger partial charge in [-0.1, -0.05) is 54.9 Å². The Kier molecular flexibility index (Phi) is 5.39. The molecular weight excluding hydrogens is 380 g/mol. The van der Waals surface area contributed by atoms with Crippen molar-refractivity contribution in [2.45, 2.75) is 44.9 Å². The van der Waals surface area contributed by atoms with Crippen LogP contribution in [0.25, 0.3) is 0 Å². The molecular formula is C25H23ClN2O. The molecule has 1 unspecified atom stereocenters. The Morgan fingerprint density at radius 3 is 2.34 bits per heavy atom. The number of ketones is 1. The van der Waals surface area contributed by atoms with Crippen molar-refractivity contribution >= 4 is 23.1 Å². The van der Waals surface area contributed by atoms with Crippen molar-refractivity contribution in [2.24, 2.45) is 10.9 Å². The van der Waals surface area contributed by atoms with Crippen molar-refractivity contribution in [1.29, 1.82) is 5.26 Å². The molecule has 0 amide bonds. The van der Waals surface area contributed by atoms with E-state index < -0.39 is 5.92 Å². The van der Waals surface area contributed by atoms with Gasteiger partial charge in [0.25, 0.3) is 0 Å². The van der Waals surface area contributed by atoms with Gasteiger partial charge in [-0.05, 0) is 54.5 Å². The topological polar surface area (TPSA) is 53.2 Å². The van der Waals surface area contributed by atoms with Gasteiger partial charge in [-0.3, -0.25) is 9.79 Å². The predicted octanol–water partition coefficient (Wildman–Crippen LogP) is 6.00. The number of rotatable bonds is 3. The van der Waals surface area contributed by atoms with Crippen LogP contribution in [0.3, 0.4) is 0 Å². The SMILES string of the molecule is CCc1ccc([C@@H]2C3=C(C[C@H](c4ccc(Cl)cc4)CC3=O)N=C(C)C2C#N)cc1. The van der Waals surface area contributed by atoms with Crippen molar-refractivity contribution < 1.29 is 4.79 Å². The molecule has 4 heteroatoms. The number of carbonyl (C=O) groups is 1. The molecule has 3 nitrogen and oxygen atoms in total. The van der Waals surface area contributed by atoms with Crippen LogP contribution in [-0.4, -0.2) is 11.5 Å². The van der Waals surface area contributed by atoms with Crippen molar-refractivity contribution in [3.8, 4) is 6.07 Å². The van der Waals surface area contributed by atoms with Crippen molar-refractivity contribution in [3.05, 3.63) is 81.5 Å². The summed E-state index contributed by atoms with van der Waals surface area (Å²) < 4.78 is 0. The number of nitrogens with zero attached hydrogens (tertiary/aromatic N) is 2. The molecule has 29 heavy (non-hydrogen) atoms. The van der Waals surface area contributed by atoms with Crippen LogP contribution in [-0.2, 0) is 11.2 Å². The zero-order valence-corrected chi connectivity index (χ0v) is 17.4. The van der Waals surface area contributed by atoms with E-state index in [2.05, 4.69) is 37.3 Å². The second-order valence-corrected chi connectivity index (χ2v) is 8.31. The summed E-state index contributed by atoms with van der Waals surface area (Å²) in [5.41, 5.74) is 5.74. The molecule has 0 saturated heterocycles. The number of aryl methyl sites for hydroxylation is 1. The Labute approximate surface area is 176 Å². The number of aliphatic imine (C=N–C) groups is 1. The summed E-state index contributed by atoms with van der Waals surface area (Å²) in [7, 11) is 0. The molecule has 0 bridgehead atoms. The highest BCUT2D eigenvalue weighted by Crippen LogP contribution is 2.46. The normalized spacial score (nSPS) is 24.0. The second-order valence-electron chi connectivity index (χ2n) is 7.87. The third-order valence-corrected chi connectivity index (χ3v) is 6.37. The second kappa shape index (κ2) is 7.97. The summed E-state index contributed by atoms with van der Waals surface area (Å²) in [6, 6.07) is 18.4. The average molecular weight is 403 g/mol. The Bertz CT molecular complexity index is 1040. The van der Waals surface area contributed by atoms with E-state index in [4.69, 9.17) is 16.6 Å². The number of halogens is 1. The first-order valence-corrected chi connectivity index (χ1v) is 10.4. The molecule has 0 spiro atoms. The zero-order valence-electron chi connectivity index (χ0n) is 16.7. The summed E-state index contributed by atoms with van der Waals surface area (Å²) in [6.45, 7) is 4.02. The fourth-order valence-corrected chi connectivity index (χ4v) is 4.64. The lowest BCUT2D eigenvalue weighted by Gasteiger charge is -2.35. The standard InChI is InChI=1S/C25H23ClN2O/c1-3-16-4-6-18(7-5-16)24-21(14-27)15(2)28-22-12-19(13-23(29)25(22)24)17-8-10-20(26)11-9-17/h4-11,19,21,24H,3,12-13H2,1-2H3/t19-,21?,24-/m0/s1. The highest BCUT2D eigenvalue weighted by molar-refractivity contribution is 6.30. The summed E-state index contributed by atoms with van der Waals surface area (Å²) in [6.07, 6.45) is 2.11. The molecule has 1 aliphatic heterocycles. The smallest absolute Gasteiger partial charge is 0.161 e. The molecule has 0 saturated carbocycles. The summed E-state index contributed by atoms with van der Waals surface area (Å²) >= 11 is 6.02. The number of allylic oxidation sites excluding steroid dienone is 2. The van der Waals surface area contributed by atoms with Gasteiger partial charge >= 0.3 is 0 Å². The maximum Gasteiger partial charge on any atom is 0.161 e. The van der Waals surface area contributed by atoms with E-state index in [0.717, 1.165) is 34.5 Å². The third kappa shape index (κ3) is 3.66. The minimum atomic E-state index is -0.405. The maximum atomic E-state index is 13.3. The molecule has 2 aromatic rings. The van der Waals surface area contributed by atoms with E-state index in [0.29, 0.717) is 17.9 Å².